The van der Waals surface area contributed by atoms with E-state index >= 15 is 0 Å². The molecular formula is C19H28N2O3S. The second-order valence-electron chi connectivity index (χ2n) is 8.32. The average Bonchev–Trinajstić information content (AvgIpc) is 3.30. The van der Waals surface area contributed by atoms with Gasteiger partial charge in [0.05, 0.1) is 4.90 Å². The largest absolute Gasteiger partial charge is 0.340 e. The zero-order valence-corrected chi connectivity index (χ0v) is 16.3. The first-order valence-corrected chi connectivity index (χ1v) is 10.4. The van der Waals surface area contributed by atoms with Crippen molar-refractivity contribution >= 4 is 15.9 Å². The molecule has 0 unspecified atom stereocenters. The molecule has 25 heavy (non-hydrogen) atoms. The summed E-state index contributed by atoms with van der Waals surface area (Å²) in [7, 11) is -3.49. The predicted molar refractivity (Wildman–Crippen MR) is 97.8 cm³/mol. The molecule has 2 atom stereocenters. The number of nitrogens with zero attached hydrogens (tertiary/aromatic N) is 2. The number of rotatable bonds is 3. The van der Waals surface area contributed by atoms with Gasteiger partial charge < -0.3 is 4.90 Å². The van der Waals surface area contributed by atoms with E-state index < -0.39 is 10.0 Å². The summed E-state index contributed by atoms with van der Waals surface area (Å²) in [4.78, 5) is 14.4. The number of carbonyl (C=O) groups is 1. The SMILES string of the molecule is C[C@@H]1C[C@H]1C(=O)N1CCN(S(=O)(=O)c2ccc(C(C)(C)C)cc2)CC1. The lowest BCUT2D eigenvalue weighted by Gasteiger charge is -2.34. The van der Waals surface area contributed by atoms with E-state index in [9.17, 15) is 13.2 Å². The Labute approximate surface area is 151 Å². The molecule has 1 saturated carbocycles. The molecule has 1 saturated heterocycles. The lowest BCUT2D eigenvalue weighted by atomic mass is 9.87. The lowest BCUT2D eigenvalue weighted by Crippen LogP contribution is -2.51. The van der Waals surface area contributed by atoms with Crippen LogP contribution in [-0.2, 0) is 20.2 Å². The van der Waals surface area contributed by atoms with Crippen molar-refractivity contribution in [2.24, 2.45) is 11.8 Å². The van der Waals surface area contributed by atoms with Gasteiger partial charge in [0.25, 0.3) is 0 Å². The Balaban J connectivity index is 1.66. The van der Waals surface area contributed by atoms with Crippen LogP contribution in [0.3, 0.4) is 0 Å². The molecule has 3 rings (SSSR count). The van der Waals surface area contributed by atoms with Crippen LogP contribution in [0.1, 0.15) is 39.7 Å². The van der Waals surface area contributed by atoms with E-state index in [-0.39, 0.29) is 17.2 Å². The van der Waals surface area contributed by atoms with Gasteiger partial charge in [-0.25, -0.2) is 8.42 Å². The molecule has 5 nitrogen and oxygen atoms in total. The molecule has 1 aliphatic heterocycles. The molecule has 1 aliphatic carbocycles. The number of hydrogen-bond acceptors (Lipinski definition) is 3. The number of carbonyl (C=O) groups excluding carboxylic acids is 1. The Hall–Kier alpha value is -1.40. The van der Waals surface area contributed by atoms with Crippen molar-refractivity contribution < 1.29 is 13.2 Å². The van der Waals surface area contributed by atoms with Crippen molar-refractivity contribution in [3.05, 3.63) is 29.8 Å². The molecule has 0 bridgehead atoms. The molecule has 0 aromatic heterocycles. The molecule has 1 aromatic carbocycles. The molecule has 1 heterocycles. The number of benzene rings is 1. The monoisotopic (exact) mass is 364 g/mol. The van der Waals surface area contributed by atoms with Crippen molar-refractivity contribution in [2.75, 3.05) is 26.2 Å². The van der Waals surface area contributed by atoms with Crippen molar-refractivity contribution in [3.8, 4) is 0 Å². The maximum absolute atomic E-state index is 12.8. The highest BCUT2D eigenvalue weighted by Crippen LogP contribution is 2.39. The summed E-state index contributed by atoms with van der Waals surface area (Å²) in [6, 6.07) is 7.17. The van der Waals surface area contributed by atoms with Gasteiger partial charge in [0.15, 0.2) is 0 Å². The maximum Gasteiger partial charge on any atom is 0.243 e. The average molecular weight is 365 g/mol. The quantitative estimate of drug-likeness (QED) is 0.828. The summed E-state index contributed by atoms with van der Waals surface area (Å²) >= 11 is 0. The summed E-state index contributed by atoms with van der Waals surface area (Å²) in [6.45, 7) is 10.1. The Morgan fingerprint density at radius 1 is 1.04 bits per heavy atom. The van der Waals surface area contributed by atoms with Crippen LogP contribution in [0, 0.1) is 11.8 Å². The summed E-state index contributed by atoms with van der Waals surface area (Å²) in [5.41, 5.74) is 1.11. The minimum atomic E-state index is -3.49. The van der Waals surface area contributed by atoms with Crippen molar-refractivity contribution in [1.29, 1.82) is 0 Å². The van der Waals surface area contributed by atoms with Gasteiger partial charge in [-0.2, -0.15) is 4.31 Å². The van der Waals surface area contributed by atoms with Gasteiger partial charge in [-0.1, -0.05) is 39.8 Å². The first-order valence-electron chi connectivity index (χ1n) is 9.00. The Morgan fingerprint density at radius 3 is 2.00 bits per heavy atom. The van der Waals surface area contributed by atoms with Gasteiger partial charge >= 0.3 is 0 Å². The molecule has 138 valence electrons. The topological polar surface area (TPSA) is 57.7 Å². The maximum atomic E-state index is 12.8. The van der Waals surface area contributed by atoms with E-state index in [0.717, 1.165) is 12.0 Å². The van der Waals surface area contributed by atoms with E-state index in [2.05, 4.69) is 27.7 Å². The smallest absolute Gasteiger partial charge is 0.243 e. The summed E-state index contributed by atoms with van der Waals surface area (Å²) in [6.07, 6.45) is 0.970. The fourth-order valence-corrected chi connectivity index (χ4v) is 4.75. The van der Waals surface area contributed by atoms with E-state index in [4.69, 9.17) is 0 Å². The summed E-state index contributed by atoms with van der Waals surface area (Å²) < 4.78 is 27.2. The highest BCUT2D eigenvalue weighted by molar-refractivity contribution is 7.89. The second-order valence-corrected chi connectivity index (χ2v) is 10.3. The summed E-state index contributed by atoms with van der Waals surface area (Å²) in [5, 5.41) is 0. The molecule has 0 spiro atoms. The van der Waals surface area contributed by atoms with Gasteiger partial charge in [0, 0.05) is 32.1 Å². The number of sulfonamides is 1. The third kappa shape index (κ3) is 3.75. The minimum Gasteiger partial charge on any atom is -0.340 e. The first kappa shape index (κ1) is 18.4. The van der Waals surface area contributed by atoms with Crippen LogP contribution in [0.15, 0.2) is 29.2 Å². The van der Waals surface area contributed by atoms with E-state index in [1.165, 1.54) is 4.31 Å². The van der Waals surface area contributed by atoms with Crippen LogP contribution in [0.25, 0.3) is 0 Å². The molecule has 6 heteroatoms. The third-order valence-corrected chi connectivity index (χ3v) is 7.25. The van der Waals surface area contributed by atoms with Gasteiger partial charge in [-0.15, -0.1) is 0 Å². The molecule has 1 amide bonds. The van der Waals surface area contributed by atoms with Gasteiger partial charge in [-0.3, -0.25) is 4.79 Å². The van der Waals surface area contributed by atoms with E-state index in [1.807, 2.05) is 17.0 Å². The first-order chi connectivity index (χ1) is 11.6. The van der Waals surface area contributed by atoms with Gasteiger partial charge in [0.2, 0.25) is 15.9 Å². The fourth-order valence-electron chi connectivity index (χ4n) is 3.33. The zero-order valence-electron chi connectivity index (χ0n) is 15.5. The van der Waals surface area contributed by atoms with Crippen molar-refractivity contribution in [2.45, 2.75) is 44.4 Å². The minimum absolute atomic E-state index is 0.00573. The van der Waals surface area contributed by atoms with E-state index in [0.29, 0.717) is 37.0 Å². The van der Waals surface area contributed by atoms with Crippen LogP contribution in [0.5, 0.6) is 0 Å². The van der Waals surface area contributed by atoms with Gasteiger partial charge in [-0.05, 0) is 35.4 Å². The summed E-state index contributed by atoms with van der Waals surface area (Å²) in [5.74, 6) is 0.836. The van der Waals surface area contributed by atoms with Crippen LogP contribution in [0.4, 0.5) is 0 Å². The predicted octanol–water partition coefficient (Wildman–Crippen LogP) is 2.47. The Morgan fingerprint density at radius 2 is 1.56 bits per heavy atom. The van der Waals surface area contributed by atoms with Crippen LogP contribution < -0.4 is 0 Å². The molecule has 2 fully saturated rings. The highest BCUT2D eigenvalue weighted by atomic mass is 32.2. The van der Waals surface area contributed by atoms with Crippen molar-refractivity contribution in [3.63, 3.8) is 0 Å². The van der Waals surface area contributed by atoms with Gasteiger partial charge in [0.1, 0.15) is 0 Å². The van der Waals surface area contributed by atoms with Crippen LogP contribution >= 0.6 is 0 Å². The fraction of sp³-hybridized carbons (Fsp3) is 0.632. The van der Waals surface area contributed by atoms with E-state index in [1.54, 1.807) is 12.1 Å². The Bertz CT molecular complexity index is 742. The molecular weight excluding hydrogens is 336 g/mol. The van der Waals surface area contributed by atoms with Crippen LogP contribution in [-0.4, -0.2) is 49.7 Å². The highest BCUT2D eigenvalue weighted by Gasteiger charge is 2.42. The number of hydrogen-bond donors (Lipinski definition) is 0. The molecule has 1 aromatic rings. The Kier molecular flexibility index (Phi) is 4.71. The molecule has 0 radical (unpaired) electrons. The van der Waals surface area contributed by atoms with Crippen LogP contribution in [0.2, 0.25) is 0 Å². The lowest BCUT2D eigenvalue weighted by molar-refractivity contribution is -0.134. The number of amides is 1. The number of piperazine rings is 1. The second kappa shape index (κ2) is 6.40. The molecule has 2 aliphatic rings. The molecule has 0 N–H and O–H groups in total. The third-order valence-electron chi connectivity index (χ3n) is 5.34. The zero-order chi connectivity index (χ0) is 18.4. The normalized spacial score (nSPS) is 25.0. The standard InChI is InChI=1S/C19H28N2O3S/c1-14-13-17(14)18(22)20-9-11-21(12-10-20)25(23,24)16-7-5-15(6-8-16)19(2,3)4/h5-8,14,17H,9-13H2,1-4H3/t14-,17-/m1/s1. The van der Waals surface area contributed by atoms with Crippen molar-refractivity contribution in [1.82, 2.24) is 9.21 Å².